The molecular weight excluding hydrogens is 248 g/mol. The summed E-state index contributed by atoms with van der Waals surface area (Å²) >= 11 is 6.09. The number of nitrogens with zero attached hydrogens (tertiary/aromatic N) is 2. The highest BCUT2D eigenvalue weighted by Gasteiger charge is 2.34. The first-order chi connectivity index (χ1) is 8.44. The number of rotatable bonds is 3. The number of halogens is 1. The molecule has 1 aromatic carbocycles. The van der Waals surface area contributed by atoms with Gasteiger partial charge in [0.15, 0.2) is 0 Å². The lowest BCUT2D eigenvalue weighted by Crippen LogP contribution is -2.28. The molecule has 0 aliphatic heterocycles. The number of aryl methyl sites for hydroxylation is 1. The molecule has 0 spiro atoms. The van der Waals surface area contributed by atoms with Gasteiger partial charge in [-0.05, 0) is 5.56 Å². The summed E-state index contributed by atoms with van der Waals surface area (Å²) in [5.74, 6) is 0. The maximum absolute atomic E-state index is 10.6. The average Bonchev–Trinajstić information content (AvgIpc) is 2.69. The van der Waals surface area contributed by atoms with Crippen LogP contribution in [0.25, 0.3) is 0 Å². The number of aliphatic hydroxyl groups is 1. The van der Waals surface area contributed by atoms with Gasteiger partial charge in [-0.15, -0.1) is 0 Å². The molecule has 0 aliphatic rings. The average molecular weight is 265 g/mol. The Bertz CT molecular complexity index is 514. The minimum absolute atomic E-state index is 0.432. The fraction of sp³-hybridized carbons (Fsp3) is 0.357. The van der Waals surface area contributed by atoms with Crippen molar-refractivity contribution in [3.8, 4) is 0 Å². The number of benzene rings is 1. The Kier molecular flexibility index (Phi) is 3.46. The van der Waals surface area contributed by atoms with Crippen molar-refractivity contribution in [1.82, 2.24) is 9.78 Å². The molecule has 0 aliphatic carbocycles. The zero-order chi connectivity index (χ0) is 13.3. The molecule has 96 valence electrons. The van der Waals surface area contributed by atoms with Gasteiger partial charge in [0.25, 0.3) is 0 Å². The van der Waals surface area contributed by atoms with E-state index in [2.05, 4.69) is 5.10 Å². The van der Waals surface area contributed by atoms with Crippen molar-refractivity contribution in [3.63, 3.8) is 0 Å². The Hall–Kier alpha value is -1.32. The molecule has 1 N–H and O–H groups in total. The van der Waals surface area contributed by atoms with E-state index in [9.17, 15) is 5.11 Å². The van der Waals surface area contributed by atoms with Gasteiger partial charge in [0, 0.05) is 12.5 Å². The van der Waals surface area contributed by atoms with Crippen LogP contribution < -0.4 is 0 Å². The summed E-state index contributed by atoms with van der Waals surface area (Å²) in [5.41, 5.74) is 1.28. The molecular formula is C14H17ClN2O. The van der Waals surface area contributed by atoms with Crippen LogP contribution in [0.15, 0.2) is 36.5 Å². The molecule has 2 rings (SSSR count). The van der Waals surface area contributed by atoms with Gasteiger partial charge in [0.2, 0.25) is 0 Å². The van der Waals surface area contributed by atoms with Crippen LogP contribution >= 0.6 is 11.6 Å². The van der Waals surface area contributed by atoms with Gasteiger partial charge in [0.1, 0.15) is 6.10 Å². The van der Waals surface area contributed by atoms with E-state index >= 15 is 0 Å². The molecule has 0 radical (unpaired) electrons. The number of aromatic nitrogens is 2. The normalized spacial score (nSPS) is 13.6. The lowest BCUT2D eigenvalue weighted by atomic mass is 9.78. The van der Waals surface area contributed by atoms with Gasteiger partial charge in [0.05, 0.1) is 16.9 Å². The first-order valence-electron chi connectivity index (χ1n) is 5.85. The second-order valence-electron chi connectivity index (χ2n) is 4.99. The third kappa shape index (κ3) is 2.16. The summed E-state index contributed by atoms with van der Waals surface area (Å²) in [7, 11) is 1.78. The Labute approximate surface area is 112 Å². The van der Waals surface area contributed by atoms with Crippen LogP contribution in [0.5, 0.6) is 0 Å². The van der Waals surface area contributed by atoms with Crippen LogP contribution in [0.2, 0.25) is 5.02 Å². The van der Waals surface area contributed by atoms with Crippen LogP contribution in [0, 0.1) is 0 Å². The summed E-state index contributed by atoms with van der Waals surface area (Å²) < 4.78 is 1.62. The Balaban J connectivity index is 2.42. The Morgan fingerprint density at radius 1 is 1.28 bits per heavy atom. The summed E-state index contributed by atoms with van der Waals surface area (Å²) in [4.78, 5) is 0. The van der Waals surface area contributed by atoms with E-state index in [-0.39, 0.29) is 0 Å². The standard InChI is InChI=1S/C14H17ClN2O/c1-14(2,10-7-5-4-6-8-10)13(18)12-11(15)9-16-17(12)3/h4-9,13,18H,1-3H3. The van der Waals surface area contributed by atoms with E-state index in [1.807, 2.05) is 44.2 Å². The fourth-order valence-electron chi connectivity index (χ4n) is 2.10. The van der Waals surface area contributed by atoms with Gasteiger partial charge in [-0.3, -0.25) is 4.68 Å². The SMILES string of the molecule is Cn1ncc(Cl)c1C(O)C(C)(C)c1ccccc1. The van der Waals surface area contributed by atoms with E-state index in [4.69, 9.17) is 11.6 Å². The summed E-state index contributed by atoms with van der Waals surface area (Å²) in [6.45, 7) is 3.99. The zero-order valence-corrected chi connectivity index (χ0v) is 11.5. The first-order valence-corrected chi connectivity index (χ1v) is 6.23. The minimum atomic E-state index is -0.708. The third-order valence-electron chi connectivity index (χ3n) is 3.40. The van der Waals surface area contributed by atoms with Gasteiger partial charge in [-0.2, -0.15) is 5.10 Å². The van der Waals surface area contributed by atoms with Crippen LogP contribution in [-0.2, 0) is 12.5 Å². The van der Waals surface area contributed by atoms with E-state index < -0.39 is 11.5 Å². The van der Waals surface area contributed by atoms with Crippen LogP contribution in [-0.4, -0.2) is 14.9 Å². The quantitative estimate of drug-likeness (QED) is 0.925. The van der Waals surface area contributed by atoms with E-state index in [1.54, 1.807) is 17.9 Å². The highest BCUT2D eigenvalue weighted by atomic mass is 35.5. The molecule has 0 saturated heterocycles. The summed E-state index contributed by atoms with van der Waals surface area (Å²) in [6, 6.07) is 9.91. The molecule has 0 saturated carbocycles. The monoisotopic (exact) mass is 264 g/mol. The Morgan fingerprint density at radius 3 is 2.39 bits per heavy atom. The number of hydrogen-bond acceptors (Lipinski definition) is 2. The molecule has 0 bridgehead atoms. The van der Waals surface area contributed by atoms with E-state index in [0.717, 1.165) is 5.56 Å². The zero-order valence-electron chi connectivity index (χ0n) is 10.8. The molecule has 1 aromatic heterocycles. The molecule has 2 aromatic rings. The van der Waals surface area contributed by atoms with Crippen molar-refractivity contribution in [2.45, 2.75) is 25.4 Å². The smallest absolute Gasteiger partial charge is 0.106 e. The van der Waals surface area contributed by atoms with Crippen LogP contribution in [0.1, 0.15) is 31.2 Å². The summed E-state index contributed by atoms with van der Waals surface area (Å²) in [6.07, 6.45) is 0.848. The fourth-order valence-corrected chi connectivity index (χ4v) is 2.36. The third-order valence-corrected chi connectivity index (χ3v) is 3.69. The predicted molar refractivity (Wildman–Crippen MR) is 72.6 cm³/mol. The van der Waals surface area contributed by atoms with E-state index in [0.29, 0.717) is 10.7 Å². The molecule has 1 heterocycles. The second kappa shape index (κ2) is 4.75. The van der Waals surface area contributed by atoms with Gasteiger partial charge < -0.3 is 5.11 Å². The lowest BCUT2D eigenvalue weighted by molar-refractivity contribution is 0.0923. The Morgan fingerprint density at radius 2 is 1.89 bits per heavy atom. The topological polar surface area (TPSA) is 38.0 Å². The molecule has 3 nitrogen and oxygen atoms in total. The molecule has 18 heavy (non-hydrogen) atoms. The maximum Gasteiger partial charge on any atom is 0.106 e. The van der Waals surface area contributed by atoms with Crippen LogP contribution in [0.4, 0.5) is 0 Å². The van der Waals surface area contributed by atoms with Crippen molar-refractivity contribution in [2.75, 3.05) is 0 Å². The molecule has 1 unspecified atom stereocenters. The summed E-state index contributed by atoms with van der Waals surface area (Å²) in [5, 5.41) is 15.2. The van der Waals surface area contributed by atoms with E-state index in [1.165, 1.54) is 0 Å². The number of aliphatic hydroxyl groups excluding tert-OH is 1. The van der Waals surface area contributed by atoms with Gasteiger partial charge in [-0.1, -0.05) is 55.8 Å². The van der Waals surface area contributed by atoms with Crippen molar-refractivity contribution in [2.24, 2.45) is 7.05 Å². The van der Waals surface area contributed by atoms with Crippen molar-refractivity contribution in [1.29, 1.82) is 0 Å². The van der Waals surface area contributed by atoms with Crippen LogP contribution in [0.3, 0.4) is 0 Å². The van der Waals surface area contributed by atoms with Gasteiger partial charge in [-0.25, -0.2) is 0 Å². The molecule has 0 fully saturated rings. The highest BCUT2D eigenvalue weighted by Crippen LogP contribution is 2.38. The lowest BCUT2D eigenvalue weighted by Gasteiger charge is -2.31. The molecule has 0 amide bonds. The first kappa shape index (κ1) is 13.1. The molecule has 4 heteroatoms. The molecule has 1 atom stereocenters. The van der Waals surface area contributed by atoms with Crippen molar-refractivity contribution in [3.05, 3.63) is 52.8 Å². The second-order valence-corrected chi connectivity index (χ2v) is 5.40. The maximum atomic E-state index is 10.6. The van der Waals surface area contributed by atoms with Crippen molar-refractivity contribution < 1.29 is 5.11 Å². The highest BCUT2D eigenvalue weighted by molar-refractivity contribution is 6.31. The number of hydrogen-bond donors (Lipinski definition) is 1. The van der Waals surface area contributed by atoms with Gasteiger partial charge >= 0.3 is 0 Å². The predicted octanol–water partition coefficient (Wildman–Crippen LogP) is 3.08. The largest absolute Gasteiger partial charge is 0.386 e. The van der Waals surface area contributed by atoms with Crippen molar-refractivity contribution >= 4 is 11.6 Å². The minimum Gasteiger partial charge on any atom is -0.386 e.